The van der Waals surface area contributed by atoms with Crippen LogP contribution in [0.5, 0.6) is 0 Å². The molecule has 1 amide bonds. The normalized spacial score (nSPS) is 10.6. The molecule has 2 aromatic rings. The van der Waals surface area contributed by atoms with E-state index in [4.69, 9.17) is 5.73 Å². The molecular formula is C11H16N4O2S. The largest absolute Gasteiger partial charge is 0.396 e. The highest BCUT2D eigenvalue weighted by Crippen LogP contribution is 2.31. The first kappa shape index (κ1) is 12.3. The Labute approximate surface area is 110 Å². The molecule has 7 heteroatoms. The second kappa shape index (κ2) is 4.26. The maximum absolute atomic E-state index is 11.9. The Kier molecular flexibility index (Phi) is 2.92. The molecule has 2 rings (SSSR count). The Morgan fingerprint density at radius 1 is 1.61 bits per heavy atom. The minimum Gasteiger partial charge on any atom is -0.396 e. The van der Waals surface area contributed by atoms with Crippen molar-refractivity contribution in [2.45, 2.75) is 13.8 Å². The predicted molar refractivity (Wildman–Crippen MR) is 76.7 cm³/mol. The highest BCUT2D eigenvalue weighted by atomic mass is 32.1. The number of hydrogen-bond donors (Lipinski definition) is 3. The molecule has 0 aromatic carbocycles. The summed E-state index contributed by atoms with van der Waals surface area (Å²) in [6, 6.07) is 0. The van der Waals surface area contributed by atoms with Gasteiger partial charge in [0.1, 0.15) is 9.83 Å². The lowest BCUT2D eigenvalue weighted by Gasteiger charge is -1.98. The van der Waals surface area contributed by atoms with Gasteiger partial charge in [-0.1, -0.05) is 17.9 Å². The van der Waals surface area contributed by atoms with Crippen molar-refractivity contribution in [3.63, 3.8) is 0 Å². The van der Waals surface area contributed by atoms with Crippen LogP contribution in [0.4, 0.5) is 5.00 Å². The van der Waals surface area contributed by atoms with Gasteiger partial charge in [-0.2, -0.15) is 0 Å². The molecule has 0 fully saturated rings. The number of rotatable bonds is 2. The van der Waals surface area contributed by atoms with Gasteiger partial charge in [0.25, 0.3) is 5.56 Å². The molecule has 6 nitrogen and oxygen atoms in total. The highest BCUT2D eigenvalue weighted by molar-refractivity contribution is 7.22. The van der Waals surface area contributed by atoms with Gasteiger partial charge in [0.2, 0.25) is 5.91 Å². The Balaban J connectivity index is 0.00000180. The van der Waals surface area contributed by atoms with Crippen LogP contribution in [0.2, 0.25) is 0 Å². The molecule has 2 heterocycles. The summed E-state index contributed by atoms with van der Waals surface area (Å²) in [5, 5.41) is 3.76. The fraction of sp³-hybridized carbons (Fsp3) is 0.182. The summed E-state index contributed by atoms with van der Waals surface area (Å²) in [5.74, 6) is 0.0627. The van der Waals surface area contributed by atoms with E-state index in [-0.39, 0.29) is 25.8 Å². The second-order valence-electron chi connectivity index (χ2n) is 3.86. The van der Waals surface area contributed by atoms with Crippen LogP contribution in [-0.2, 0) is 4.79 Å². The van der Waals surface area contributed by atoms with E-state index in [9.17, 15) is 9.59 Å². The number of anilines is 1. The van der Waals surface area contributed by atoms with Crippen molar-refractivity contribution in [1.82, 2.24) is 9.97 Å². The summed E-state index contributed by atoms with van der Waals surface area (Å²) in [6.07, 6.45) is 0. The number of thiophene rings is 1. The topological polar surface area (TPSA) is 101 Å². The minimum absolute atomic E-state index is 0. The highest BCUT2D eigenvalue weighted by Gasteiger charge is 2.15. The molecule has 0 saturated heterocycles. The van der Waals surface area contributed by atoms with Crippen molar-refractivity contribution < 1.29 is 7.65 Å². The van der Waals surface area contributed by atoms with Gasteiger partial charge < -0.3 is 16.0 Å². The lowest BCUT2D eigenvalue weighted by molar-refractivity contribution is -0.114. The smallest absolute Gasteiger partial charge is 0.260 e. The van der Waals surface area contributed by atoms with Crippen LogP contribution in [0.15, 0.2) is 11.4 Å². The predicted octanol–water partition coefficient (Wildman–Crippen LogP) is 1.67. The molecule has 4 N–H and O–H groups in total. The SMILES string of the molecule is C=C(N)c1nc2sc(NC(C)=O)c(C)c2c(=O)[nH]1.[HH].[HH]. The lowest BCUT2D eigenvalue weighted by Crippen LogP contribution is -2.13. The Morgan fingerprint density at radius 3 is 2.83 bits per heavy atom. The number of aryl methyl sites for hydroxylation is 1. The van der Waals surface area contributed by atoms with Gasteiger partial charge in [-0.05, 0) is 12.5 Å². The molecule has 0 unspecified atom stereocenters. The molecule has 0 aliphatic heterocycles. The monoisotopic (exact) mass is 268 g/mol. The van der Waals surface area contributed by atoms with E-state index < -0.39 is 0 Å². The standard InChI is InChI=1S/C11H12N4O2S.2H2/c1-4-7-9(17)14-8(5(2)12)15-11(7)18-10(4)13-6(3)16;;/h2,12H2,1,3H3,(H,13,16)(H,14,15,17);2*1H. The number of nitrogens with two attached hydrogens (primary N) is 1. The third-order valence-corrected chi connectivity index (χ3v) is 3.50. The van der Waals surface area contributed by atoms with E-state index in [2.05, 4.69) is 21.9 Å². The van der Waals surface area contributed by atoms with Crippen LogP contribution >= 0.6 is 11.3 Å². The number of carbonyl (C=O) groups excluding carboxylic acids is 1. The van der Waals surface area contributed by atoms with E-state index in [1.54, 1.807) is 6.92 Å². The average molecular weight is 268 g/mol. The number of amides is 1. The van der Waals surface area contributed by atoms with E-state index in [0.29, 0.717) is 20.8 Å². The van der Waals surface area contributed by atoms with Crippen LogP contribution in [-0.4, -0.2) is 15.9 Å². The molecule has 0 bridgehead atoms. The third-order valence-electron chi connectivity index (χ3n) is 2.39. The fourth-order valence-electron chi connectivity index (χ4n) is 1.58. The first-order chi connectivity index (χ1) is 8.40. The van der Waals surface area contributed by atoms with Crippen molar-refractivity contribution in [3.8, 4) is 0 Å². The number of carbonyl (C=O) groups is 1. The molecule has 98 valence electrons. The molecule has 0 aliphatic rings. The van der Waals surface area contributed by atoms with Crippen LogP contribution in [0.3, 0.4) is 0 Å². The van der Waals surface area contributed by atoms with Crippen molar-refractivity contribution in [2.75, 3.05) is 5.32 Å². The Bertz CT molecular complexity index is 723. The van der Waals surface area contributed by atoms with Crippen molar-refractivity contribution in [3.05, 3.63) is 28.3 Å². The van der Waals surface area contributed by atoms with Gasteiger partial charge in [-0.25, -0.2) is 4.98 Å². The molecule has 0 aliphatic carbocycles. The Morgan fingerprint density at radius 2 is 2.28 bits per heavy atom. The maximum Gasteiger partial charge on any atom is 0.260 e. The van der Waals surface area contributed by atoms with Crippen LogP contribution in [0.1, 0.15) is 21.2 Å². The first-order valence-corrected chi connectivity index (χ1v) is 5.97. The van der Waals surface area contributed by atoms with Crippen molar-refractivity contribution in [1.29, 1.82) is 0 Å². The zero-order chi connectivity index (χ0) is 13.4. The van der Waals surface area contributed by atoms with E-state index in [0.717, 1.165) is 0 Å². The molecular weight excluding hydrogens is 252 g/mol. The Hall–Kier alpha value is -2.15. The zero-order valence-corrected chi connectivity index (χ0v) is 10.8. The number of fused-ring (bicyclic) bond motifs is 1. The minimum atomic E-state index is -0.285. The first-order valence-electron chi connectivity index (χ1n) is 5.16. The molecule has 2 aromatic heterocycles. The van der Waals surface area contributed by atoms with Gasteiger partial charge in [0, 0.05) is 9.78 Å². The maximum atomic E-state index is 11.9. The number of aromatic nitrogens is 2. The summed E-state index contributed by atoms with van der Waals surface area (Å²) in [7, 11) is 0. The summed E-state index contributed by atoms with van der Waals surface area (Å²) >= 11 is 1.24. The number of aromatic amines is 1. The summed E-state index contributed by atoms with van der Waals surface area (Å²) in [4.78, 5) is 30.3. The van der Waals surface area contributed by atoms with Gasteiger partial charge in [-0.15, -0.1) is 0 Å². The summed E-state index contributed by atoms with van der Waals surface area (Å²) in [5.41, 5.74) is 6.12. The van der Waals surface area contributed by atoms with Gasteiger partial charge in [0.15, 0.2) is 5.82 Å². The molecule has 0 atom stereocenters. The second-order valence-corrected chi connectivity index (χ2v) is 4.86. The quantitative estimate of drug-likeness (QED) is 0.771. The molecule has 0 spiro atoms. The number of H-pyrrole nitrogens is 1. The van der Waals surface area contributed by atoms with E-state index >= 15 is 0 Å². The van der Waals surface area contributed by atoms with Crippen LogP contribution in [0.25, 0.3) is 15.9 Å². The van der Waals surface area contributed by atoms with Gasteiger partial charge >= 0.3 is 0 Å². The molecule has 18 heavy (non-hydrogen) atoms. The van der Waals surface area contributed by atoms with Crippen LogP contribution in [0, 0.1) is 6.92 Å². The molecule has 0 radical (unpaired) electrons. The fourth-order valence-corrected chi connectivity index (χ4v) is 2.70. The van der Waals surface area contributed by atoms with E-state index in [1.165, 1.54) is 18.3 Å². The lowest BCUT2D eigenvalue weighted by atomic mass is 10.2. The third kappa shape index (κ3) is 2.00. The zero-order valence-electron chi connectivity index (χ0n) is 9.96. The van der Waals surface area contributed by atoms with Gasteiger partial charge in [0.05, 0.1) is 11.1 Å². The molecule has 0 saturated carbocycles. The van der Waals surface area contributed by atoms with Crippen LogP contribution < -0.4 is 16.6 Å². The summed E-state index contributed by atoms with van der Waals surface area (Å²) < 4.78 is 0. The van der Waals surface area contributed by atoms with E-state index in [1.807, 2.05) is 0 Å². The summed E-state index contributed by atoms with van der Waals surface area (Å²) in [6.45, 7) is 6.70. The van der Waals surface area contributed by atoms with Gasteiger partial charge in [-0.3, -0.25) is 9.59 Å². The number of nitrogens with zero attached hydrogens (tertiary/aromatic N) is 1. The van der Waals surface area contributed by atoms with Crippen molar-refractivity contribution in [2.24, 2.45) is 5.73 Å². The average Bonchev–Trinajstić information content (AvgIpc) is 2.55. The van der Waals surface area contributed by atoms with Crippen molar-refractivity contribution >= 4 is 38.2 Å². The number of hydrogen-bond acceptors (Lipinski definition) is 5. The number of nitrogens with one attached hydrogen (secondary N) is 2.